The normalized spacial score (nSPS) is 20.4. The fourth-order valence-corrected chi connectivity index (χ4v) is 7.71. The Morgan fingerprint density at radius 1 is 0.857 bits per heavy atom. The third-order valence-corrected chi connectivity index (χ3v) is 10.2. The molecule has 6 rings (SSSR count). The van der Waals surface area contributed by atoms with Gasteiger partial charge in [0, 0.05) is 49.2 Å². The third-order valence-electron chi connectivity index (χ3n) is 8.31. The SMILES string of the molecule is O=C(C1CCN(S(=O)(=O)c2ccc3c(c2)CCC3)CC1)N1CCC(c2cc3ccccc3[nH]2)CC1. The van der Waals surface area contributed by atoms with Crippen molar-refractivity contribution < 1.29 is 13.2 Å². The Balaban J connectivity index is 1.04. The van der Waals surface area contributed by atoms with Gasteiger partial charge in [-0.3, -0.25) is 4.79 Å². The number of fused-ring (bicyclic) bond motifs is 2. The maximum absolute atomic E-state index is 13.2. The second-order valence-corrected chi connectivity index (χ2v) is 12.3. The van der Waals surface area contributed by atoms with Crippen LogP contribution in [0.4, 0.5) is 0 Å². The van der Waals surface area contributed by atoms with Crippen LogP contribution in [0.1, 0.15) is 54.8 Å². The van der Waals surface area contributed by atoms with E-state index in [2.05, 4.69) is 29.2 Å². The monoisotopic (exact) mass is 491 g/mol. The number of benzene rings is 2. The molecule has 2 saturated heterocycles. The van der Waals surface area contributed by atoms with Crippen molar-refractivity contribution in [3.05, 3.63) is 65.4 Å². The minimum absolute atomic E-state index is 0.0777. The number of para-hydroxylation sites is 1. The molecular formula is C28H33N3O3S. The Morgan fingerprint density at radius 3 is 2.37 bits per heavy atom. The smallest absolute Gasteiger partial charge is 0.243 e. The highest BCUT2D eigenvalue weighted by Gasteiger charge is 2.35. The minimum atomic E-state index is -3.50. The largest absolute Gasteiger partial charge is 0.358 e. The van der Waals surface area contributed by atoms with Gasteiger partial charge in [-0.15, -0.1) is 0 Å². The molecule has 6 nitrogen and oxygen atoms in total. The summed E-state index contributed by atoms with van der Waals surface area (Å²) in [6.45, 7) is 2.38. The van der Waals surface area contributed by atoms with Crippen molar-refractivity contribution in [3.63, 3.8) is 0 Å². The molecule has 35 heavy (non-hydrogen) atoms. The number of nitrogens with zero attached hydrogens (tertiary/aromatic N) is 2. The number of sulfonamides is 1. The van der Waals surface area contributed by atoms with Gasteiger partial charge in [0.15, 0.2) is 0 Å². The number of aromatic nitrogens is 1. The molecule has 0 unspecified atom stereocenters. The molecule has 0 bridgehead atoms. The van der Waals surface area contributed by atoms with Crippen LogP contribution in [-0.2, 0) is 27.7 Å². The van der Waals surface area contributed by atoms with E-state index in [9.17, 15) is 13.2 Å². The predicted molar refractivity (Wildman–Crippen MR) is 137 cm³/mol. The lowest BCUT2D eigenvalue weighted by atomic mass is 9.91. The standard InChI is InChI=1S/C28H33N3O3S/c32-28(30-14-10-21(11-15-30)27-19-24-4-1-2-7-26(24)29-27)22-12-16-31(17-13-22)35(33,34)25-9-8-20-5-3-6-23(20)18-25/h1-2,4,7-9,18-19,21-22,29H,3,5-6,10-17H2. The van der Waals surface area contributed by atoms with Crippen LogP contribution in [0, 0.1) is 5.92 Å². The number of amides is 1. The summed E-state index contributed by atoms with van der Waals surface area (Å²) in [5.41, 5.74) is 4.89. The summed E-state index contributed by atoms with van der Waals surface area (Å²) in [4.78, 5) is 19.2. The quantitative estimate of drug-likeness (QED) is 0.586. The number of carbonyl (C=O) groups excluding carboxylic acids is 1. The third kappa shape index (κ3) is 4.29. The first-order chi connectivity index (χ1) is 17.0. The number of likely N-dealkylation sites (tertiary alicyclic amines) is 1. The van der Waals surface area contributed by atoms with Gasteiger partial charge in [-0.05, 0) is 85.7 Å². The van der Waals surface area contributed by atoms with E-state index in [0.29, 0.717) is 36.7 Å². The van der Waals surface area contributed by atoms with Gasteiger partial charge in [-0.25, -0.2) is 8.42 Å². The fraction of sp³-hybridized carbons (Fsp3) is 0.464. The van der Waals surface area contributed by atoms with Crippen LogP contribution in [0.5, 0.6) is 0 Å². The highest BCUT2D eigenvalue weighted by atomic mass is 32.2. The zero-order valence-electron chi connectivity index (χ0n) is 20.1. The summed E-state index contributed by atoms with van der Waals surface area (Å²) in [7, 11) is -3.50. The first kappa shape index (κ1) is 22.8. The van der Waals surface area contributed by atoms with E-state index in [0.717, 1.165) is 45.2 Å². The van der Waals surface area contributed by atoms with Crippen LogP contribution < -0.4 is 0 Å². The maximum atomic E-state index is 13.2. The zero-order chi connectivity index (χ0) is 24.0. The second kappa shape index (κ2) is 9.10. The van der Waals surface area contributed by atoms with Crippen LogP contribution >= 0.6 is 0 Å². The number of piperidine rings is 2. The molecule has 2 aliphatic heterocycles. The molecule has 2 aromatic carbocycles. The van der Waals surface area contributed by atoms with Crippen LogP contribution in [0.25, 0.3) is 10.9 Å². The molecule has 3 aliphatic rings. The molecule has 1 amide bonds. The molecule has 0 atom stereocenters. The van der Waals surface area contributed by atoms with Gasteiger partial charge in [0.1, 0.15) is 0 Å². The Kier molecular flexibility index (Phi) is 5.93. The summed E-state index contributed by atoms with van der Waals surface area (Å²) in [5, 5.41) is 1.24. The van der Waals surface area contributed by atoms with Gasteiger partial charge in [0.2, 0.25) is 15.9 Å². The van der Waals surface area contributed by atoms with Crippen molar-refractivity contribution in [2.24, 2.45) is 5.92 Å². The first-order valence-corrected chi connectivity index (χ1v) is 14.4. The van der Waals surface area contributed by atoms with Crippen LogP contribution in [-0.4, -0.2) is 54.7 Å². The van der Waals surface area contributed by atoms with Crippen molar-refractivity contribution in [1.29, 1.82) is 0 Å². The van der Waals surface area contributed by atoms with E-state index in [1.54, 1.807) is 10.4 Å². The lowest BCUT2D eigenvalue weighted by molar-refractivity contribution is -0.137. The van der Waals surface area contributed by atoms with E-state index in [4.69, 9.17) is 0 Å². The molecule has 3 heterocycles. The van der Waals surface area contributed by atoms with Gasteiger partial charge >= 0.3 is 0 Å². The van der Waals surface area contributed by atoms with Gasteiger partial charge in [0.25, 0.3) is 0 Å². The van der Waals surface area contributed by atoms with Gasteiger partial charge < -0.3 is 9.88 Å². The molecule has 1 aliphatic carbocycles. The Bertz CT molecular complexity index is 1310. The maximum Gasteiger partial charge on any atom is 0.243 e. The van der Waals surface area contributed by atoms with Crippen molar-refractivity contribution in [2.75, 3.05) is 26.2 Å². The van der Waals surface area contributed by atoms with Crippen LogP contribution in [0.15, 0.2) is 53.4 Å². The predicted octanol–water partition coefficient (Wildman–Crippen LogP) is 4.46. The fourth-order valence-electron chi connectivity index (χ4n) is 6.19. The summed E-state index contributed by atoms with van der Waals surface area (Å²) in [6, 6.07) is 16.2. The summed E-state index contributed by atoms with van der Waals surface area (Å²) in [5.74, 6) is 0.575. The molecule has 184 valence electrons. The van der Waals surface area contributed by atoms with Crippen molar-refractivity contribution in [1.82, 2.24) is 14.2 Å². The molecule has 1 aromatic heterocycles. The molecule has 2 fully saturated rings. The second-order valence-electron chi connectivity index (χ2n) is 10.4. The van der Waals surface area contributed by atoms with Crippen molar-refractivity contribution in [2.45, 2.75) is 55.8 Å². The average molecular weight is 492 g/mol. The van der Waals surface area contributed by atoms with Crippen LogP contribution in [0.2, 0.25) is 0 Å². The van der Waals surface area contributed by atoms with Gasteiger partial charge in [-0.1, -0.05) is 24.3 Å². The minimum Gasteiger partial charge on any atom is -0.358 e. The summed E-state index contributed by atoms with van der Waals surface area (Å²) >= 11 is 0. The number of carbonyl (C=O) groups is 1. The van der Waals surface area contributed by atoms with E-state index in [-0.39, 0.29) is 11.8 Å². The lowest BCUT2D eigenvalue weighted by Crippen LogP contribution is -2.46. The molecular weight excluding hydrogens is 458 g/mol. The topological polar surface area (TPSA) is 73.5 Å². The Labute approximate surface area is 207 Å². The number of H-pyrrole nitrogens is 1. The molecule has 0 saturated carbocycles. The van der Waals surface area contributed by atoms with Crippen molar-refractivity contribution >= 4 is 26.8 Å². The van der Waals surface area contributed by atoms with Crippen LogP contribution in [0.3, 0.4) is 0 Å². The Hall–Kier alpha value is -2.64. The lowest BCUT2D eigenvalue weighted by Gasteiger charge is -2.37. The number of hydrogen-bond donors (Lipinski definition) is 1. The molecule has 0 spiro atoms. The molecule has 7 heteroatoms. The molecule has 0 radical (unpaired) electrons. The highest BCUT2D eigenvalue weighted by Crippen LogP contribution is 2.32. The summed E-state index contributed by atoms with van der Waals surface area (Å²) < 4.78 is 28.0. The molecule has 3 aromatic rings. The summed E-state index contributed by atoms with van der Waals surface area (Å²) in [6.07, 6.45) is 6.24. The average Bonchev–Trinajstić information content (AvgIpc) is 3.55. The molecule has 1 N–H and O–H groups in total. The number of nitrogens with one attached hydrogen (secondary N) is 1. The van der Waals surface area contributed by atoms with Crippen molar-refractivity contribution in [3.8, 4) is 0 Å². The van der Waals surface area contributed by atoms with Gasteiger partial charge in [0.05, 0.1) is 4.90 Å². The van der Waals surface area contributed by atoms with E-state index in [1.165, 1.54) is 27.7 Å². The number of hydrogen-bond acceptors (Lipinski definition) is 3. The first-order valence-electron chi connectivity index (χ1n) is 13.0. The van der Waals surface area contributed by atoms with E-state index in [1.807, 2.05) is 23.1 Å². The number of aromatic amines is 1. The number of aryl methyl sites for hydroxylation is 2. The zero-order valence-corrected chi connectivity index (χ0v) is 20.9. The highest BCUT2D eigenvalue weighted by molar-refractivity contribution is 7.89. The van der Waals surface area contributed by atoms with E-state index < -0.39 is 10.0 Å². The van der Waals surface area contributed by atoms with E-state index >= 15 is 0 Å². The Morgan fingerprint density at radius 2 is 1.60 bits per heavy atom. The van der Waals surface area contributed by atoms with Gasteiger partial charge in [-0.2, -0.15) is 4.31 Å². The number of rotatable bonds is 4.